The van der Waals surface area contributed by atoms with Gasteiger partial charge in [0.15, 0.2) is 0 Å². The molecule has 0 spiro atoms. The number of hydrogen-bond donors (Lipinski definition) is 2. The van der Waals surface area contributed by atoms with Gasteiger partial charge in [-0.05, 0) is 49.7 Å². The van der Waals surface area contributed by atoms with E-state index in [1.807, 2.05) is 31.2 Å². The molecule has 0 aliphatic rings. The lowest BCUT2D eigenvalue weighted by Gasteiger charge is -2.08. The molecule has 6 nitrogen and oxygen atoms in total. The largest absolute Gasteiger partial charge is 0.385 e. The van der Waals surface area contributed by atoms with Crippen LogP contribution in [0.4, 0.5) is 5.69 Å². The van der Waals surface area contributed by atoms with E-state index in [0.717, 1.165) is 5.56 Å². The molecule has 2 aromatic carbocycles. The first-order valence-electron chi connectivity index (χ1n) is 7.89. The average molecular weight is 362 g/mol. The van der Waals surface area contributed by atoms with Crippen molar-refractivity contribution in [3.63, 3.8) is 0 Å². The molecular formula is C18H22N2O4S. The summed E-state index contributed by atoms with van der Waals surface area (Å²) >= 11 is 0. The molecule has 0 atom stereocenters. The quantitative estimate of drug-likeness (QED) is 0.707. The molecule has 2 rings (SSSR count). The normalized spacial score (nSPS) is 11.3. The number of methoxy groups -OCH3 is 1. The molecule has 0 bridgehead atoms. The molecule has 0 aromatic heterocycles. The van der Waals surface area contributed by atoms with Crippen LogP contribution in [0.5, 0.6) is 0 Å². The van der Waals surface area contributed by atoms with Gasteiger partial charge >= 0.3 is 0 Å². The molecular weight excluding hydrogens is 340 g/mol. The second kappa shape index (κ2) is 8.75. The SMILES string of the molecule is COCCCNS(=O)(=O)c1ccc(C(=O)Nc2ccc(C)cc2)cc1. The van der Waals surface area contributed by atoms with Crippen molar-refractivity contribution in [3.8, 4) is 0 Å². The molecule has 0 radical (unpaired) electrons. The molecule has 0 unspecified atom stereocenters. The van der Waals surface area contributed by atoms with Crippen molar-refractivity contribution in [2.24, 2.45) is 0 Å². The third-order valence-corrected chi connectivity index (χ3v) is 5.03. The summed E-state index contributed by atoms with van der Waals surface area (Å²) in [6.45, 7) is 2.75. The van der Waals surface area contributed by atoms with E-state index in [1.165, 1.54) is 24.3 Å². The highest BCUT2D eigenvalue weighted by molar-refractivity contribution is 7.89. The first-order chi connectivity index (χ1) is 11.9. The summed E-state index contributed by atoms with van der Waals surface area (Å²) in [7, 11) is -2.02. The predicted octanol–water partition coefficient (Wildman–Crippen LogP) is 2.56. The number of benzene rings is 2. The predicted molar refractivity (Wildman–Crippen MR) is 97.3 cm³/mol. The van der Waals surface area contributed by atoms with Crippen LogP contribution in [0.2, 0.25) is 0 Å². The lowest BCUT2D eigenvalue weighted by atomic mass is 10.2. The summed E-state index contributed by atoms with van der Waals surface area (Å²) < 4.78 is 31.7. The highest BCUT2D eigenvalue weighted by Crippen LogP contribution is 2.14. The Balaban J connectivity index is 2.00. The zero-order valence-electron chi connectivity index (χ0n) is 14.3. The van der Waals surface area contributed by atoms with Gasteiger partial charge in [-0.1, -0.05) is 17.7 Å². The minimum Gasteiger partial charge on any atom is -0.385 e. The Hall–Kier alpha value is -2.22. The van der Waals surface area contributed by atoms with Gasteiger partial charge in [-0.25, -0.2) is 13.1 Å². The summed E-state index contributed by atoms with van der Waals surface area (Å²) in [5, 5.41) is 2.77. The van der Waals surface area contributed by atoms with E-state index in [9.17, 15) is 13.2 Å². The van der Waals surface area contributed by atoms with Gasteiger partial charge in [0.2, 0.25) is 10.0 Å². The van der Waals surface area contributed by atoms with Crippen molar-refractivity contribution < 1.29 is 17.9 Å². The molecule has 134 valence electrons. The number of rotatable bonds is 8. The van der Waals surface area contributed by atoms with Gasteiger partial charge in [-0.15, -0.1) is 0 Å². The van der Waals surface area contributed by atoms with Gasteiger partial charge in [0.1, 0.15) is 0 Å². The van der Waals surface area contributed by atoms with E-state index >= 15 is 0 Å². The number of sulfonamides is 1. The second-order valence-electron chi connectivity index (χ2n) is 5.59. The summed E-state index contributed by atoms with van der Waals surface area (Å²) in [6, 6.07) is 13.3. The molecule has 0 aliphatic carbocycles. The standard InChI is InChI=1S/C18H22N2O4S/c1-14-4-8-16(9-5-14)20-18(21)15-6-10-17(11-7-15)25(22,23)19-12-3-13-24-2/h4-11,19H,3,12-13H2,1-2H3,(H,20,21). The van der Waals surface area contributed by atoms with Crippen LogP contribution >= 0.6 is 0 Å². The smallest absolute Gasteiger partial charge is 0.255 e. The van der Waals surface area contributed by atoms with Crippen LogP contribution in [0.1, 0.15) is 22.3 Å². The zero-order chi connectivity index (χ0) is 18.3. The summed E-state index contributed by atoms with van der Waals surface area (Å²) in [6.07, 6.45) is 0.590. The van der Waals surface area contributed by atoms with Crippen LogP contribution in [-0.4, -0.2) is 34.6 Å². The van der Waals surface area contributed by atoms with E-state index in [2.05, 4.69) is 10.0 Å². The monoisotopic (exact) mass is 362 g/mol. The topological polar surface area (TPSA) is 84.5 Å². The number of nitrogens with one attached hydrogen (secondary N) is 2. The highest BCUT2D eigenvalue weighted by atomic mass is 32.2. The highest BCUT2D eigenvalue weighted by Gasteiger charge is 2.14. The van der Waals surface area contributed by atoms with E-state index in [1.54, 1.807) is 7.11 Å². The van der Waals surface area contributed by atoms with Crippen molar-refractivity contribution in [1.82, 2.24) is 4.72 Å². The number of hydrogen-bond acceptors (Lipinski definition) is 4. The van der Waals surface area contributed by atoms with Crippen molar-refractivity contribution in [2.45, 2.75) is 18.2 Å². The number of amides is 1. The molecule has 0 saturated carbocycles. The molecule has 2 N–H and O–H groups in total. The second-order valence-corrected chi connectivity index (χ2v) is 7.36. The lowest BCUT2D eigenvalue weighted by molar-refractivity contribution is 0.102. The fourth-order valence-electron chi connectivity index (χ4n) is 2.13. The van der Waals surface area contributed by atoms with Crippen LogP contribution in [0.25, 0.3) is 0 Å². The fourth-order valence-corrected chi connectivity index (χ4v) is 3.21. The molecule has 0 heterocycles. The fraction of sp³-hybridized carbons (Fsp3) is 0.278. The summed E-state index contributed by atoms with van der Waals surface area (Å²) in [4.78, 5) is 12.3. The van der Waals surface area contributed by atoms with Gasteiger partial charge in [0.25, 0.3) is 5.91 Å². The number of anilines is 1. The van der Waals surface area contributed by atoms with Gasteiger partial charge in [-0.2, -0.15) is 0 Å². The molecule has 1 amide bonds. The molecule has 0 aliphatic heterocycles. The lowest BCUT2D eigenvalue weighted by Crippen LogP contribution is -2.25. The molecule has 7 heteroatoms. The van der Waals surface area contributed by atoms with E-state index < -0.39 is 10.0 Å². The number of carbonyl (C=O) groups is 1. The van der Waals surface area contributed by atoms with Crippen molar-refractivity contribution in [1.29, 1.82) is 0 Å². The molecule has 0 fully saturated rings. The third-order valence-electron chi connectivity index (χ3n) is 3.55. The van der Waals surface area contributed by atoms with E-state index in [-0.39, 0.29) is 10.8 Å². The van der Waals surface area contributed by atoms with Crippen molar-refractivity contribution in [2.75, 3.05) is 25.6 Å². The number of aryl methyl sites for hydroxylation is 1. The van der Waals surface area contributed by atoms with Crippen molar-refractivity contribution >= 4 is 21.6 Å². The first-order valence-corrected chi connectivity index (χ1v) is 9.37. The van der Waals surface area contributed by atoms with Gasteiger partial charge in [-0.3, -0.25) is 4.79 Å². The minimum atomic E-state index is -3.58. The minimum absolute atomic E-state index is 0.122. The Bertz CT molecular complexity index is 800. The van der Waals surface area contributed by atoms with E-state index in [0.29, 0.717) is 30.8 Å². The molecule has 0 saturated heterocycles. The summed E-state index contributed by atoms with van der Waals surface area (Å²) in [5.74, 6) is -0.291. The van der Waals surface area contributed by atoms with E-state index in [4.69, 9.17) is 4.74 Å². The van der Waals surface area contributed by atoms with Crippen LogP contribution in [0, 0.1) is 6.92 Å². The molecule has 25 heavy (non-hydrogen) atoms. The maximum Gasteiger partial charge on any atom is 0.255 e. The van der Waals surface area contributed by atoms with Crippen LogP contribution in [-0.2, 0) is 14.8 Å². The summed E-state index contributed by atoms with van der Waals surface area (Å²) in [5.41, 5.74) is 2.18. The van der Waals surface area contributed by atoms with Gasteiger partial charge in [0.05, 0.1) is 4.90 Å². The maximum absolute atomic E-state index is 12.2. The first kappa shape index (κ1) is 19.1. The average Bonchev–Trinajstić information content (AvgIpc) is 2.61. The number of carbonyl (C=O) groups excluding carboxylic acids is 1. The van der Waals surface area contributed by atoms with Crippen LogP contribution in [0.15, 0.2) is 53.4 Å². The maximum atomic E-state index is 12.2. The third kappa shape index (κ3) is 5.67. The number of ether oxygens (including phenoxy) is 1. The zero-order valence-corrected chi connectivity index (χ0v) is 15.1. The Kier molecular flexibility index (Phi) is 6.69. The Labute approximate surface area is 148 Å². The van der Waals surface area contributed by atoms with Crippen LogP contribution in [0.3, 0.4) is 0 Å². The van der Waals surface area contributed by atoms with Gasteiger partial charge < -0.3 is 10.1 Å². The Morgan fingerprint density at radius 1 is 1.04 bits per heavy atom. The van der Waals surface area contributed by atoms with Crippen molar-refractivity contribution in [3.05, 3.63) is 59.7 Å². The van der Waals surface area contributed by atoms with Crippen LogP contribution < -0.4 is 10.0 Å². The molecule has 2 aromatic rings. The van der Waals surface area contributed by atoms with Gasteiger partial charge in [0, 0.05) is 31.5 Å². The Morgan fingerprint density at radius 2 is 1.68 bits per heavy atom. The Morgan fingerprint density at radius 3 is 2.28 bits per heavy atom.